The van der Waals surface area contributed by atoms with E-state index in [-0.39, 0.29) is 18.2 Å². The fraction of sp³-hybridized carbons (Fsp3) is 0.556. The number of hydrogen-bond acceptors (Lipinski definition) is 3. The van der Waals surface area contributed by atoms with E-state index in [1.54, 1.807) is 4.90 Å². The highest BCUT2D eigenvalue weighted by molar-refractivity contribution is 5.92. The quantitative estimate of drug-likeness (QED) is 0.857. The Kier molecular flexibility index (Phi) is 4.39. The van der Waals surface area contributed by atoms with Gasteiger partial charge in [-0.1, -0.05) is 18.2 Å². The number of piperidine rings is 1. The molecule has 1 saturated heterocycles. The van der Waals surface area contributed by atoms with Crippen LogP contribution in [0.3, 0.4) is 0 Å². The van der Waals surface area contributed by atoms with Crippen LogP contribution in [-0.2, 0) is 11.3 Å². The number of urea groups is 1. The second kappa shape index (κ2) is 6.34. The maximum atomic E-state index is 12.4. The number of likely N-dealkylation sites (tertiary alicyclic amines) is 1. The van der Waals surface area contributed by atoms with Gasteiger partial charge in [0.15, 0.2) is 0 Å². The predicted octanol–water partition coefficient (Wildman–Crippen LogP) is 3.43. The van der Waals surface area contributed by atoms with E-state index in [1.165, 1.54) is 0 Å². The van der Waals surface area contributed by atoms with Gasteiger partial charge in [-0.3, -0.25) is 0 Å². The van der Waals surface area contributed by atoms with Crippen LogP contribution >= 0.6 is 0 Å². The molecule has 0 spiro atoms. The minimum atomic E-state index is -0.508. The van der Waals surface area contributed by atoms with Gasteiger partial charge in [-0.25, -0.2) is 9.59 Å². The van der Waals surface area contributed by atoms with E-state index in [0.717, 1.165) is 24.1 Å². The smallest absolute Gasteiger partial charge is 0.410 e. The van der Waals surface area contributed by atoms with Gasteiger partial charge in [0, 0.05) is 25.3 Å². The number of amides is 3. The van der Waals surface area contributed by atoms with Crippen molar-refractivity contribution in [1.29, 1.82) is 0 Å². The molecule has 0 aliphatic carbocycles. The van der Waals surface area contributed by atoms with Crippen LogP contribution in [0.1, 0.15) is 39.2 Å². The van der Waals surface area contributed by atoms with Crippen molar-refractivity contribution in [2.75, 3.05) is 18.4 Å². The molecule has 3 rings (SSSR count). The highest BCUT2D eigenvalue weighted by Gasteiger charge is 2.34. The third-order valence-electron chi connectivity index (χ3n) is 4.35. The molecular weight excluding hydrogens is 306 g/mol. The zero-order valence-corrected chi connectivity index (χ0v) is 14.5. The number of carbonyl (C=O) groups is 2. The Balaban J connectivity index is 1.69. The first-order chi connectivity index (χ1) is 11.3. The lowest BCUT2D eigenvalue weighted by molar-refractivity contribution is 0.0131. The Labute approximate surface area is 142 Å². The first-order valence-corrected chi connectivity index (χ1v) is 8.47. The van der Waals surface area contributed by atoms with E-state index in [1.807, 2.05) is 49.9 Å². The number of benzene rings is 1. The summed E-state index contributed by atoms with van der Waals surface area (Å²) in [5.41, 5.74) is 1.47. The van der Waals surface area contributed by atoms with E-state index in [4.69, 9.17) is 4.74 Å². The summed E-state index contributed by atoms with van der Waals surface area (Å²) in [6, 6.07) is 7.75. The van der Waals surface area contributed by atoms with E-state index >= 15 is 0 Å². The van der Waals surface area contributed by atoms with Crippen LogP contribution in [-0.4, -0.2) is 46.7 Å². The summed E-state index contributed by atoms with van der Waals surface area (Å²) in [5.74, 6) is 0. The monoisotopic (exact) mass is 331 g/mol. The van der Waals surface area contributed by atoms with Gasteiger partial charge in [-0.05, 0) is 45.2 Å². The minimum Gasteiger partial charge on any atom is -0.444 e. The average molecular weight is 331 g/mol. The van der Waals surface area contributed by atoms with Gasteiger partial charge in [0.05, 0.1) is 6.04 Å². The molecule has 0 radical (unpaired) electrons. The number of anilines is 1. The second-order valence-corrected chi connectivity index (χ2v) is 7.44. The standard InChI is InChI=1S/C18H25N3O3/c1-18(2,3)24-17(23)20-10-6-8-14(12-20)21-11-13-7-4-5-9-15(13)19-16(21)22/h4-5,7,9,14H,6,8,10-12H2,1-3H3,(H,19,22). The molecule has 0 bridgehead atoms. The van der Waals surface area contributed by atoms with Crippen molar-refractivity contribution in [2.24, 2.45) is 0 Å². The summed E-state index contributed by atoms with van der Waals surface area (Å²) in [7, 11) is 0. The van der Waals surface area contributed by atoms with Crippen LogP contribution in [0, 0.1) is 0 Å². The van der Waals surface area contributed by atoms with Crippen molar-refractivity contribution in [1.82, 2.24) is 9.80 Å². The van der Waals surface area contributed by atoms with Crippen molar-refractivity contribution in [3.8, 4) is 0 Å². The molecule has 0 aromatic heterocycles. The molecule has 1 fully saturated rings. The molecule has 24 heavy (non-hydrogen) atoms. The summed E-state index contributed by atoms with van der Waals surface area (Å²) in [5, 5.41) is 2.94. The maximum Gasteiger partial charge on any atom is 0.410 e. The highest BCUT2D eigenvalue weighted by atomic mass is 16.6. The molecule has 0 saturated carbocycles. The lowest BCUT2D eigenvalue weighted by Gasteiger charge is -2.41. The van der Waals surface area contributed by atoms with Crippen molar-refractivity contribution in [3.63, 3.8) is 0 Å². The van der Waals surface area contributed by atoms with Crippen molar-refractivity contribution in [3.05, 3.63) is 29.8 Å². The molecule has 130 valence electrons. The Bertz CT molecular complexity index is 639. The van der Waals surface area contributed by atoms with Crippen molar-refractivity contribution in [2.45, 2.75) is 51.8 Å². The van der Waals surface area contributed by atoms with E-state index in [0.29, 0.717) is 19.6 Å². The van der Waals surface area contributed by atoms with Gasteiger partial charge in [0.25, 0.3) is 0 Å². The Morgan fingerprint density at radius 2 is 2.04 bits per heavy atom. The summed E-state index contributed by atoms with van der Waals surface area (Å²) in [6.45, 7) is 7.36. The minimum absolute atomic E-state index is 0.0135. The Hall–Kier alpha value is -2.24. The Morgan fingerprint density at radius 3 is 2.79 bits per heavy atom. The average Bonchev–Trinajstić information content (AvgIpc) is 2.53. The molecular formula is C18H25N3O3. The number of nitrogens with one attached hydrogen (secondary N) is 1. The van der Waals surface area contributed by atoms with Gasteiger partial charge in [-0.2, -0.15) is 0 Å². The first kappa shape index (κ1) is 16.6. The number of hydrogen-bond donors (Lipinski definition) is 1. The zero-order chi connectivity index (χ0) is 17.3. The zero-order valence-electron chi connectivity index (χ0n) is 14.5. The predicted molar refractivity (Wildman–Crippen MR) is 91.8 cm³/mol. The highest BCUT2D eigenvalue weighted by Crippen LogP contribution is 2.27. The van der Waals surface area contributed by atoms with Crippen LogP contribution in [0.4, 0.5) is 15.3 Å². The molecule has 3 amide bonds. The number of fused-ring (bicyclic) bond motifs is 1. The van der Waals surface area contributed by atoms with Crippen LogP contribution in [0.2, 0.25) is 0 Å². The first-order valence-electron chi connectivity index (χ1n) is 8.47. The van der Waals surface area contributed by atoms with Crippen molar-refractivity contribution < 1.29 is 14.3 Å². The molecule has 2 heterocycles. The third kappa shape index (κ3) is 3.63. The molecule has 1 unspecified atom stereocenters. The lowest BCUT2D eigenvalue weighted by atomic mass is 10.0. The summed E-state index contributed by atoms with van der Waals surface area (Å²) >= 11 is 0. The van der Waals surface area contributed by atoms with Crippen LogP contribution < -0.4 is 5.32 Å². The molecule has 2 aliphatic rings. The summed E-state index contributed by atoms with van der Waals surface area (Å²) in [6.07, 6.45) is 1.47. The number of nitrogens with zero attached hydrogens (tertiary/aromatic N) is 2. The third-order valence-corrected chi connectivity index (χ3v) is 4.35. The van der Waals surface area contributed by atoms with E-state index in [2.05, 4.69) is 5.32 Å². The Morgan fingerprint density at radius 1 is 1.29 bits per heavy atom. The van der Waals surface area contributed by atoms with Gasteiger partial charge < -0.3 is 19.9 Å². The van der Waals surface area contributed by atoms with Gasteiger partial charge in [-0.15, -0.1) is 0 Å². The van der Waals surface area contributed by atoms with Gasteiger partial charge in [0.2, 0.25) is 0 Å². The molecule has 6 heteroatoms. The van der Waals surface area contributed by atoms with Gasteiger partial charge >= 0.3 is 12.1 Å². The maximum absolute atomic E-state index is 12.4. The topological polar surface area (TPSA) is 61.9 Å². The van der Waals surface area contributed by atoms with E-state index < -0.39 is 5.60 Å². The second-order valence-electron chi connectivity index (χ2n) is 7.44. The largest absolute Gasteiger partial charge is 0.444 e. The number of carbonyl (C=O) groups excluding carboxylic acids is 2. The van der Waals surface area contributed by atoms with Crippen LogP contribution in [0.25, 0.3) is 0 Å². The SMILES string of the molecule is CC(C)(C)OC(=O)N1CCCC(N2Cc3ccccc3NC2=O)C1. The molecule has 1 N–H and O–H groups in total. The number of para-hydroxylation sites is 1. The van der Waals surface area contributed by atoms with Gasteiger partial charge in [0.1, 0.15) is 5.60 Å². The number of rotatable bonds is 1. The fourth-order valence-corrected chi connectivity index (χ4v) is 3.22. The lowest BCUT2D eigenvalue weighted by Crippen LogP contribution is -2.54. The molecule has 2 aliphatic heterocycles. The van der Waals surface area contributed by atoms with Crippen LogP contribution in [0.5, 0.6) is 0 Å². The molecule has 1 aromatic rings. The number of ether oxygens (including phenoxy) is 1. The molecule has 1 atom stereocenters. The molecule has 6 nitrogen and oxygen atoms in total. The normalized spacial score (nSPS) is 21.1. The summed E-state index contributed by atoms with van der Waals surface area (Å²) < 4.78 is 5.46. The summed E-state index contributed by atoms with van der Waals surface area (Å²) in [4.78, 5) is 28.3. The van der Waals surface area contributed by atoms with Crippen LogP contribution in [0.15, 0.2) is 24.3 Å². The fourth-order valence-electron chi connectivity index (χ4n) is 3.22. The van der Waals surface area contributed by atoms with E-state index in [9.17, 15) is 9.59 Å². The van der Waals surface area contributed by atoms with Crippen molar-refractivity contribution >= 4 is 17.8 Å². The molecule has 1 aromatic carbocycles.